The molecule has 11 nitrogen and oxygen atoms in total. The second kappa shape index (κ2) is 11.0. The highest BCUT2D eigenvalue weighted by molar-refractivity contribution is 5.99. The molecule has 180 valence electrons. The smallest absolute Gasteiger partial charge is 0.412 e. The standard InChI is InChI=1S/C24H23N5O6/c25-23(31)35-22(30)21-13-19(10-12-27-21)33-17-5-1-15(2-6-17)28-24(32)29-16-3-7-18(8-4-16)34-20-9-11-26-14-20/h1-8,10,12-13,20,26H,9,11,14H2,(H2,25,31)(H2,28,29,32). The molecule has 35 heavy (non-hydrogen) atoms. The Morgan fingerprint density at radius 1 is 0.914 bits per heavy atom. The molecule has 0 saturated carbocycles. The molecule has 1 atom stereocenters. The molecule has 1 aliphatic heterocycles. The maximum absolute atomic E-state index is 12.3. The third-order valence-corrected chi connectivity index (χ3v) is 4.91. The summed E-state index contributed by atoms with van der Waals surface area (Å²) < 4.78 is 15.8. The number of aromatic nitrogens is 1. The zero-order valence-corrected chi connectivity index (χ0v) is 18.5. The normalized spacial score (nSPS) is 14.6. The number of nitrogens with zero attached hydrogens (tertiary/aromatic N) is 1. The van der Waals surface area contributed by atoms with Gasteiger partial charge >= 0.3 is 18.1 Å². The highest BCUT2D eigenvalue weighted by atomic mass is 16.6. The second-order valence-electron chi connectivity index (χ2n) is 7.55. The number of rotatable bonds is 7. The first kappa shape index (κ1) is 23.5. The molecule has 0 radical (unpaired) electrons. The van der Waals surface area contributed by atoms with Crippen LogP contribution in [0, 0.1) is 0 Å². The molecule has 0 spiro atoms. The van der Waals surface area contributed by atoms with Crippen LogP contribution in [0.2, 0.25) is 0 Å². The van der Waals surface area contributed by atoms with E-state index in [9.17, 15) is 14.4 Å². The minimum Gasteiger partial charge on any atom is -0.489 e. The van der Waals surface area contributed by atoms with Gasteiger partial charge in [0.2, 0.25) is 0 Å². The van der Waals surface area contributed by atoms with Crippen molar-refractivity contribution in [3.05, 3.63) is 72.6 Å². The van der Waals surface area contributed by atoms with Gasteiger partial charge < -0.3 is 35.9 Å². The summed E-state index contributed by atoms with van der Waals surface area (Å²) in [6, 6.07) is 16.2. The van der Waals surface area contributed by atoms with Crippen molar-refractivity contribution >= 4 is 29.5 Å². The number of carbonyl (C=O) groups excluding carboxylic acids is 3. The van der Waals surface area contributed by atoms with Gasteiger partial charge in [-0.2, -0.15) is 0 Å². The average molecular weight is 477 g/mol. The molecule has 3 amide bonds. The van der Waals surface area contributed by atoms with E-state index in [0.717, 1.165) is 25.3 Å². The molecule has 2 heterocycles. The number of hydrogen-bond donors (Lipinski definition) is 4. The molecule has 1 aromatic heterocycles. The number of amides is 3. The van der Waals surface area contributed by atoms with Gasteiger partial charge in [0.05, 0.1) is 0 Å². The number of primary amides is 1. The summed E-state index contributed by atoms with van der Waals surface area (Å²) in [5, 5.41) is 8.75. The van der Waals surface area contributed by atoms with Crippen molar-refractivity contribution in [2.75, 3.05) is 23.7 Å². The van der Waals surface area contributed by atoms with Gasteiger partial charge in [-0.05, 0) is 67.6 Å². The number of nitrogens with two attached hydrogens (primary N) is 1. The highest BCUT2D eigenvalue weighted by Crippen LogP contribution is 2.24. The van der Waals surface area contributed by atoms with Gasteiger partial charge in [0.25, 0.3) is 0 Å². The third kappa shape index (κ3) is 6.92. The Labute approximate surface area is 200 Å². The van der Waals surface area contributed by atoms with E-state index in [0.29, 0.717) is 22.9 Å². The monoisotopic (exact) mass is 477 g/mol. The predicted octanol–water partition coefficient (Wildman–Crippen LogP) is 3.49. The first-order chi connectivity index (χ1) is 16.9. The summed E-state index contributed by atoms with van der Waals surface area (Å²) >= 11 is 0. The van der Waals surface area contributed by atoms with Crippen LogP contribution in [0.25, 0.3) is 0 Å². The Hall–Kier alpha value is -4.64. The van der Waals surface area contributed by atoms with E-state index >= 15 is 0 Å². The molecule has 5 N–H and O–H groups in total. The predicted molar refractivity (Wildman–Crippen MR) is 127 cm³/mol. The summed E-state index contributed by atoms with van der Waals surface area (Å²) in [5.74, 6) is 0.518. The summed E-state index contributed by atoms with van der Waals surface area (Å²) in [7, 11) is 0. The summed E-state index contributed by atoms with van der Waals surface area (Å²) in [4.78, 5) is 38.6. The van der Waals surface area contributed by atoms with E-state index < -0.39 is 18.1 Å². The molecule has 1 unspecified atom stereocenters. The van der Waals surface area contributed by atoms with Crippen molar-refractivity contribution in [1.29, 1.82) is 0 Å². The van der Waals surface area contributed by atoms with E-state index in [2.05, 4.69) is 25.7 Å². The fourth-order valence-electron chi connectivity index (χ4n) is 3.30. The van der Waals surface area contributed by atoms with Crippen molar-refractivity contribution in [2.24, 2.45) is 5.73 Å². The van der Waals surface area contributed by atoms with Crippen LogP contribution in [-0.2, 0) is 4.74 Å². The quantitative estimate of drug-likeness (QED) is 0.298. The number of ether oxygens (including phenoxy) is 3. The molecule has 0 aliphatic carbocycles. The lowest BCUT2D eigenvalue weighted by molar-refractivity contribution is 0.0631. The van der Waals surface area contributed by atoms with Gasteiger partial charge in [-0.3, -0.25) is 0 Å². The second-order valence-corrected chi connectivity index (χ2v) is 7.55. The van der Waals surface area contributed by atoms with Crippen molar-refractivity contribution in [3.8, 4) is 17.2 Å². The van der Waals surface area contributed by atoms with E-state index in [4.69, 9.17) is 15.2 Å². The van der Waals surface area contributed by atoms with E-state index in [-0.39, 0.29) is 11.8 Å². The van der Waals surface area contributed by atoms with Gasteiger partial charge in [-0.15, -0.1) is 0 Å². The van der Waals surface area contributed by atoms with Crippen LogP contribution in [0.5, 0.6) is 17.2 Å². The van der Waals surface area contributed by atoms with Crippen molar-refractivity contribution in [1.82, 2.24) is 10.3 Å². The van der Waals surface area contributed by atoms with Crippen LogP contribution in [0.4, 0.5) is 21.0 Å². The number of nitrogens with one attached hydrogen (secondary N) is 3. The van der Waals surface area contributed by atoms with Crippen LogP contribution >= 0.6 is 0 Å². The molecule has 1 aliphatic rings. The Morgan fingerprint density at radius 2 is 1.57 bits per heavy atom. The molecule has 1 saturated heterocycles. The van der Waals surface area contributed by atoms with E-state index in [1.807, 2.05) is 12.1 Å². The van der Waals surface area contributed by atoms with Crippen LogP contribution < -0.4 is 31.2 Å². The lowest BCUT2D eigenvalue weighted by Crippen LogP contribution is -2.20. The summed E-state index contributed by atoms with van der Waals surface area (Å²) in [5.41, 5.74) is 5.87. The van der Waals surface area contributed by atoms with Crippen molar-refractivity contribution in [3.63, 3.8) is 0 Å². The molecule has 3 aromatic rings. The molecular formula is C24H23N5O6. The van der Waals surface area contributed by atoms with Gasteiger partial charge in [0.15, 0.2) is 5.69 Å². The highest BCUT2D eigenvalue weighted by Gasteiger charge is 2.16. The third-order valence-electron chi connectivity index (χ3n) is 4.91. The van der Waals surface area contributed by atoms with Crippen LogP contribution in [0.3, 0.4) is 0 Å². The van der Waals surface area contributed by atoms with E-state index in [1.54, 1.807) is 36.4 Å². The fraction of sp³-hybridized carbons (Fsp3) is 0.167. The average Bonchev–Trinajstić information content (AvgIpc) is 3.34. The zero-order valence-electron chi connectivity index (χ0n) is 18.5. The SMILES string of the molecule is NC(=O)OC(=O)c1cc(Oc2ccc(NC(=O)Nc3ccc(OC4CCNC4)cc3)cc2)ccn1. The first-order valence-electron chi connectivity index (χ1n) is 10.8. The maximum Gasteiger partial charge on any atom is 0.412 e. The van der Waals surface area contributed by atoms with Crippen molar-refractivity contribution < 1.29 is 28.6 Å². The molecule has 4 rings (SSSR count). The number of pyridine rings is 1. The number of carbonyl (C=O) groups is 3. The lowest BCUT2D eigenvalue weighted by atomic mass is 10.2. The zero-order chi connectivity index (χ0) is 24.6. The fourth-order valence-corrected chi connectivity index (χ4v) is 3.30. The van der Waals surface area contributed by atoms with Crippen LogP contribution in [0.1, 0.15) is 16.9 Å². The largest absolute Gasteiger partial charge is 0.489 e. The Bertz CT molecular complexity index is 1190. The number of anilines is 2. The number of esters is 1. The van der Waals surface area contributed by atoms with Crippen LogP contribution in [0.15, 0.2) is 66.9 Å². The molecule has 0 bridgehead atoms. The number of urea groups is 1. The summed E-state index contributed by atoms with van der Waals surface area (Å²) in [6.07, 6.45) is 1.25. The van der Waals surface area contributed by atoms with Crippen LogP contribution in [-0.4, -0.2) is 42.3 Å². The Balaban J connectivity index is 1.28. The van der Waals surface area contributed by atoms with Gasteiger partial charge in [0, 0.05) is 30.2 Å². The minimum absolute atomic E-state index is 0.133. The van der Waals surface area contributed by atoms with Gasteiger partial charge in [-0.25, -0.2) is 19.4 Å². The van der Waals surface area contributed by atoms with Gasteiger partial charge in [-0.1, -0.05) is 0 Å². The van der Waals surface area contributed by atoms with E-state index in [1.165, 1.54) is 18.3 Å². The molecular weight excluding hydrogens is 454 g/mol. The Morgan fingerprint density at radius 3 is 2.17 bits per heavy atom. The molecule has 2 aromatic carbocycles. The number of hydrogen-bond acceptors (Lipinski definition) is 8. The Kier molecular flexibility index (Phi) is 7.38. The lowest BCUT2D eigenvalue weighted by Gasteiger charge is -2.13. The van der Waals surface area contributed by atoms with Gasteiger partial charge in [0.1, 0.15) is 23.4 Å². The first-order valence-corrected chi connectivity index (χ1v) is 10.8. The minimum atomic E-state index is -1.22. The van der Waals surface area contributed by atoms with Crippen molar-refractivity contribution in [2.45, 2.75) is 12.5 Å². The topological polar surface area (TPSA) is 154 Å². The number of benzene rings is 2. The molecule has 11 heteroatoms. The molecule has 1 fully saturated rings. The summed E-state index contributed by atoms with van der Waals surface area (Å²) in [6.45, 7) is 1.79. The maximum atomic E-state index is 12.3.